The summed E-state index contributed by atoms with van der Waals surface area (Å²) in [5.41, 5.74) is 4.20. The second-order valence-electron chi connectivity index (χ2n) is 10.9. The van der Waals surface area contributed by atoms with Crippen molar-refractivity contribution >= 4 is 0 Å². The molecule has 0 aromatic heterocycles. The lowest BCUT2D eigenvalue weighted by Gasteiger charge is -2.31. The molecule has 0 saturated heterocycles. The van der Waals surface area contributed by atoms with Crippen molar-refractivity contribution in [2.24, 2.45) is 17.8 Å². The largest absolute Gasteiger partial charge is 0.392 e. The first-order valence-electron chi connectivity index (χ1n) is 12.1. The first-order valence-corrected chi connectivity index (χ1v) is 12.1. The van der Waals surface area contributed by atoms with Crippen LogP contribution in [0.2, 0.25) is 0 Å². The Labute approximate surface area is 189 Å². The van der Waals surface area contributed by atoms with Gasteiger partial charge in [0.25, 0.3) is 0 Å². The number of aliphatic hydroxyl groups is 2. The third-order valence-corrected chi connectivity index (χ3v) is 7.42. The van der Waals surface area contributed by atoms with Crippen LogP contribution in [-0.2, 0) is 6.42 Å². The highest BCUT2D eigenvalue weighted by Crippen LogP contribution is 2.48. The van der Waals surface area contributed by atoms with E-state index in [-0.39, 0.29) is 17.6 Å². The van der Waals surface area contributed by atoms with Gasteiger partial charge in [0.05, 0.1) is 12.2 Å². The van der Waals surface area contributed by atoms with Crippen LogP contribution in [0.3, 0.4) is 0 Å². The number of hydrogen-bond acceptors (Lipinski definition) is 3. The van der Waals surface area contributed by atoms with Gasteiger partial charge >= 0.3 is 0 Å². The van der Waals surface area contributed by atoms with Crippen molar-refractivity contribution in [1.82, 2.24) is 4.90 Å². The molecular formula is C28H43NO2. The van der Waals surface area contributed by atoms with Gasteiger partial charge in [-0.2, -0.15) is 0 Å². The maximum Gasteiger partial charge on any atom is 0.0761 e. The van der Waals surface area contributed by atoms with E-state index in [1.807, 2.05) is 12.1 Å². The Bertz CT molecular complexity index is 775. The van der Waals surface area contributed by atoms with Gasteiger partial charge in [0, 0.05) is 17.9 Å². The van der Waals surface area contributed by atoms with Gasteiger partial charge in [0.2, 0.25) is 0 Å². The Balaban J connectivity index is 1.46. The van der Waals surface area contributed by atoms with Crippen LogP contribution < -0.4 is 0 Å². The van der Waals surface area contributed by atoms with E-state index in [4.69, 9.17) is 0 Å². The van der Waals surface area contributed by atoms with Crippen LogP contribution in [0.25, 0.3) is 0 Å². The smallest absolute Gasteiger partial charge is 0.0761 e. The standard InChI is InChI=1S/C28H43NO2/c1-20-9-8-11-21(15-20)17-24(30)12-13-25-26-18-22(16-23(26)19-27(25)31)10-6-7-14-29(5)28(2,3)4/h8-9,11-13,15-16,23-27,30-31H,6-7,10,14,17-19H2,1-5H3/t23-,24-,25+,26-,27+/m0/s1. The third-order valence-electron chi connectivity index (χ3n) is 7.42. The van der Waals surface area contributed by atoms with E-state index in [0.717, 1.165) is 24.9 Å². The molecular weight excluding hydrogens is 382 g/mol. The molecule has 2 aliphatic rings. The molecule has 172 valence electrons. The van der Waals surface area contributed by atoms with E-state index in [1.165, 1.54) is 24.8 Å². The van der Waals surface area contributed by atoms with Gasteiger partial charge in [-0.3, -0.25) is 0 Å². The van der Waals surface area contributed by atoms with Gasteiger partial charge in [-0.25, -0.2) is 0 Å². The van der Waals surface area contributed by atoms with Crippen LogP contribution in [0.5, 0.6) is 0 Å². The van der Waals surface area contributed by atoms with E-state index < -0.39 is 6.10 Å². The average molecular weight is 426 g/mol. The van der Waals surface area contributed by atoms with Crippen molar-refractivity contribution < 1.29 is 10.2 Å². The highest BCUT2D eigenvalue weighted by atomic mass is 16.3. The van der Waals surface area contributed by atoms with Gasteiger partial charge in [0.1, 0.15) is 0 Å². The summed E-state index contributed by atoms with van der Waals surface area (Å²) >= 11 is 0. The summed E-state index contributed by atoms with van der Waals surface area (Å²) in [6.45, 7) is 10.0. The van der Waals surface area contributed by atoms with Crippen LogP contribution in [0.1, 0.15) is 64.0 Å². The van der Waals surface area contributed by atoms with E-state index in [9.17, 15) is 10.2 Å². The number of allylic oxidation sites excluding steroid dienone is 2. The molecule has 3 rings (SSSR count). The van der Waals surface area contributed by atoms with Crippen molar-refractivity contribution in [1.29, 1.82) is 0 Å². The summed E-state index contributed by atoms with van der Waals surface area (Å²) in [5, 5.41) is 21.1. The number of nitrogens with zero attached hydrogens (tertiary/aromatic N) is 1. The van der Waals surface area contributed by atoms with Crippen LogP contribution >= 0.6 is 0 Å². The zero-order chi connectivity index (χ0) is 22.6. The van der Waals surface area contributed by atoms with E-state index in [0.29, 0.717) is 18.3 Å². The molecule has 1 saturated carbocycles. The van der Waals surface area contributed by atoms with Crippen LogP contribution in [-0.4, -0.2) is 46.5 Å². The average Bonchev–Trinajstić information content (AvgIpc) is 3.19. The molecule has 0 bridgehead atoms. The van der Waals surface area contributed by atoms with Crippen LogP contribution in [0, 0.1) is 24.7 Å². The monoisotopic (exact) mass is 425 g/mol. The lowest BCUT2D eigenvalue weighted by molar-refractivity contribution is 0.140. The fraction of sp³-hybridized carbons (Fsp3) is 0.643. The SMILES string of the molecule is Cc1cccc(C[C@@H](O)C=C[C@@H]2[C@H]3CC(CCCCN(C)C(C)(C)C)=C[C@H]3C[C@H]2O)c1. The molecule has 0 amide bonds. The summed E-state index contributed by atoms with van der Waals surface area (Å²) in [7, 11) is 2.21. The topological polar surface area (TPSA) is 43.7 Å². The fourth-order valence-corrected chi connectivity index (χ4v) is 5.23. The highest BCUT2D eigenvalue weighted by Gasteiger charge is 2.43. The van der Waals surface area contributed by atoms with Crippen molar-refractivity contribution in [2.45, 2.75) is 84.0 Å². The zero-order valence-corrected chi connectivity index (χ0v) is 20.2. The molecule has 2 aliphatic carbocycles. The summed E-state index contributed by atoms with van der Waals surface area (Å²) in [4.78, 5) is 2.43. The lowest BCUT2D eigenvalue weighted by atomic mass is 9.88. The molecule has 3 nitrogen and oxygen atoms in total. The maximum absolute atomic E-state index is 10.6. The van der Waals surface area contributed by atoms with E-state index in [1.54, 1.807) is 5.57 Å². The van der Waals surface area contributed by atoms with Crippen molar-refractivity contribution in [3.8, 4) is 0 Å². The molecule has 0 unspecified atom stereocenters. The summed E-state index contributed by atoms with van der Waals surface area (Å²) in [6.07, 6.45) is 12.0. The molecule has 0 aliphatic heterocycles. The first-order chi connectivity index (χ1) is 14.6. The number of aryl methyl sites for hydroxylation is 1. The molecule has 1 fully saturated rings. The molecule has 0 radical (unpaired) electrons. The molecule has 1 aromatic rings. The minimum atomic E-state index is -0.498. The minimum Gasteiger partial charge on any atom is -0.392 e. The van der Waals surface area contributed by atoms with Crippen molar-refractivity contribution in [3.05, 3.63) is 59.2 Å². The van der Waals surface area contributed by atoms with Crippen molar-refractivity contribution in [2.75, 3.05) is 13.6 Å². The second-order valence-corrected chi connectivity index (χ2v) is 10.9. The highest BCUT2D eigenvalue weighted by molar-refractivity contribution is 5.24. The Morgan fingerprint density at radius 3 is 2.71 bits per heavy atom. The third kappa shape index (κ3) is 6.78. The Hall–Kier alpha value is -1.42. The molecule has 1 aromatic carbocycles. The number of benzene rings is 1. The quantitative estimate of drug-likeness (QED) is 0.417. The lowest BCUT2D eigenvalue weighted by Crippen LogP contribution is -2.38. The van der Waals surface area contributed by atoms with Gasteiger partial charge in [0.15, 0.2) is 0 Å². The van der Waals surface area contributed by atoms with Crippen molar-refractivity contribution in [3.63, 3.8) is 0 Å². The normalized spacial score (nSPS) is 27.2. The Kier molecular flexibility index (Phi) is 8.18. The molecule has 0 spiro atoms. The minimum absolute atomic E-state index is 0.165. The summed E-state index contributed by atoms with van der Waals surface area (Å²) < 4.78 is 0. The molecule has 31 heavy (non-hydrogen) atoms. The summed E-state index contributed by atoms with van der Waals surface area (Å²) in [6, 6.07) is 8.31. The maximum atomic E-state index is 10.6. The number of hydrogen-bond donors (Lipinski definition) is 2. The fourth-order valence-electron chi connectivity index (χ4n) is 5.23. The molecule has 2 N–H and O–H groups in total. The first kappa shape index (κ1) is 24.2. The van der Waals surface area contributed by atoms with Gasteiger partial charge < -0.3 is 15.1 Å². The van der Waals surface area contributed by atoms with Gasteiger partial charge in [-0.15, -0.1) is 0 Å². The van der Waals surface area contributed by atoms with E-state index in [2.05, 4.69) is 70.0 Å². The predicted molar refractivity (Wildman–Crippen MR) is 130 cm³/mol. The number of rotatable bonds is 9. The predicted octanol–water partition coefficient (Wildman–Crippen LogP) is 5.30. The summed E-state index contributed by atoms with van der Waals surface area (Å²) in [5.74, 6) is 1.17. The van der Waals surface area contributed by atoms with Gasteiger partial charge in [-0.1, -0.05) is 53.6 Å². The number of aliphatic hydroxyl groups excluding tert-OH is 2. The van der Waals surface area contributed by atoms with Gasteiger partial charge in [-0.05, 0) is 90.8 Å². The molecule has 5 atom stereocenters. The molecule has 0 heterocycles. The number of fused-ring (bicyclic) bond motifs is 1. The Morgan fingerprint density at radius 2 is 2.00 bits per heavy atom. The van der Waals surface area contributed by atoms with Crippen LogP contribution in [0.15, 0.2) is 48.1 Å². The second kappa shape index (κ2) is 10.5. The number of unbranched alkanes of at least 4 members (excludes halogenated alkanes) is 1. The van der Waals surface area contributed by atoms with E-state index >= 15 is 0 Å². The van der Waals surface area contributed by atoms with Crippen LogP contribution in [0.4, 0.5) is 0 Å². The Morgan fingerprint density at radius 1 is 1.23 bits per heavy atom. The zero-order valence-electron chi connectivity index (χ0n) is 20.2. The molecule has 3 heteroatoms.